The summed E-state index contributed by atoms with van der Waals surface area (Å²) in [5.41, 5.74) is 0.730. The van der Waals surface area contributed by atoms with Crippen LogP contribution in [0.25, 0.3) is 0 Å². The van der Waals surface area contributed by atoms with Gasteiger partial charge in [0, 0.05) is 6.42 Å². The average Bonchev–Trinajstić information content (AvgIpc) is 2.22. The first-order valence-electron chi connectivity index (χ1n) is 4.90. The topological polar surface area (TPSA) is 66.8 Å². The molecule has 0 radical (unpaired) electrons. The molecule has 0 aromatic heterocycles. The monoisotopic (exact) mass is 244 g/mol. The lowest BCUT2D eigenvalue weighted by Gasteiger charge is -2.09. The van der Waals surface area contributed by atoms with Gasteiger partial charge in [-0.1, -0.05) is 11.6 Å². The molecular weight excluding hydrogens is 232 g/mol. The van der Waals surface area contributed by atoms with Gasteiger partial charge in [-0.05, 0) is 31.0 Å². The van der Waals surface area contributed by atoms with Crippen molar-refractivity contribution >= 4 is 17.6 Å². The smallest absolute Gasteiger partial charge is 0.303 e. The van der Waals surface area contributed by atoms with E-state index in [4.69, 9.17) is 21.4 Å². The molecule has 0 unspecified atom stereocenters. The average molecular weight is 245 g/mol. The summed E-state index contributed by atoms with van der Waals surface area (Å²) in [5, 5.41) is 18.3. The Morgan fingerprint density at radius 1 is 1.50 bits per heavy atom. The Hall–Kier alpha value is -1.42. The third-order valence-corrected chi connectivity index (χ3v) is 2.30. The Kier molecular flexibility index (Phi) is 4.43. The number of halogens is 1. The number of hydrogen-bond donors (Lipinski definition) is 2. The van der Waals surface area contributed by atoms with Crippen molar-refractivity contribution in [3.63, 3.8) is 0 Å². The van der Waals surface area contributed by atoms with Crippen molar-refractivity contribution in [2.75, 3.05) is 6.61 Å². The zero-order valence-electron chi connectivity index (χ0n) is 8.86. The molecule has 0 bridgehead atoms. The van der Waals surface area contributed by atoms with E-state index in [1.54, 1.807) is 19.1 Å². The van der Waals surface area contributed by atoms with Crippen LogP contribution in [-0.4, -0.2) is 22.8 Å². The van der Waals surface area contributed by atoms with Crippen LogP contribution in [0.4, 0.5) is 0 Å². The Morgan fingerprint density at radius 3 is 2.75 bits per heavy atom. The standard InChI is InChI=1S/C11H13ClO4/c1-2-16-9-6-7(3-4-10(13)14)5-8(12)11(9)15/h5-6,15H,2-4H2,1H3,(H,13,14). The minimum Gasteiger partial charge on any atom is -0.503 e. The highest BCUT2D eigenvalue weighted by Gasteiger charge is 2.10. The van der Waals surface area contributed by atoms with Gasteiger partial charge < -0.3 is 14.9 Å². The second-order valence-electron chi connectivity index (χ2n) is 3.25. The molecular formula is C11H13ClO4. The summed E-state index contributed by atoms with van der Waals surface area (Å²) in [6.07, 6.45) is 0.377. The van der Waals surface area contributed by atoms with Crippen molar-refractivity contribution in [1.29, 1.82) is 0 Å². The van der Waals surface area contributed by atoms with Crippen LogP contribution in [0, 0.1) is 0 Å². The van der Waals surface area contributed by atoms with Crippen LogP contribution in [0.3, 0.4) is 0 Å². The predicted molar refractivity (Wildman–Crippen MR) is 60.2 cm³/mol. The SMILES string of the molecule is CCOc1cc(CCC(=O)O)cc(Cl)c1O. The first-order valence-corrected chi connectivity index (χ1v) is 5.28. The van der Waals surface area contributed by atoms with E-state index < -0.39 is 5.97 Å². The highest BCUT2D eigenvalue weighted by molar-refractivity contribution is 6.32. The van der Waals surface area contributed by atoms with Crippen LogP contribution < -0.4 is 4.74 Å². The van der Waals surface area contributed by atoms with E-state index in [9.17, 15) is 9.90 Å². The predicted octanol–water partition coefficient (Wildman–Crippen LogP) is 2.46. The molecule has 0 spiro atoms. The highest BCUT2D eigenvalue weighted by atomic mass is 35.5. The van der Waals surface area contributed by atoms with Crippen LogP contribution in [-0.2, 0) is 11.2 Å². The van der Waals surface area contributed by atoms with Gasteiger partial charge in [-0.25, -0.2) is 0 Å². The fourth-order valence-corrected chi connectivity index (χ4v) is 1.52. The lowest BCUT2D eigenvalue weighted by atomic mass is 10.1. The summed E-state index contributed by atoms with van der Waals surface area (Å²) >= 11 is 5.79. The lowest BCUT2D eigenvalue weighted by molar-refractivity contribution is -0.136. The zero-order valence-corrected chi connectivity index (χ0v) is 9.62. The largest absolute Gasteiger partial charge is 0.503 e. The molecule has 4 nitrogen and oxygen atoms in total. The normalized spacial score (nSPS) is 10.1. The molecule has 0 saturated heterocycles. The molecule has 1 rings (SSSR count). The number of carboxylic acid groups (broad SMARTS) is 1. The Balaban J connectivity index is 2.90. The number of aromatic hydroxyl groups is 1. The van der Waals surface area contributed by atoms with Crippen LogP contribution >= 0.6 is 11.6 Å². The molecule has 1 aromatic carbocycles. The minimum absolute atomic E-state index is 0.0205. The molecule has 0 aliphatic carbocycles. The van der Waals surface area contributed by atoms with Crippen molar-refractivity contribution in [1.82, 2.24) is 0 Å². The third-order valence-electron chi connectivity index (χ3n) is 2.02. The first-order chi connectivity index (χ1) is 7.54. The van der Waals surface area contributed by atoms with Gasteiger partial charge in [0.25, 0.3) is 0 Å². The van der Waals surface area contributed by atoms with Crippen LogP contribution in [0.2, 0.25) is 5.02 Å². The maximum atomic E-state index is 10.4. The number of hydrogen-bond acceptors (Lipinski definition) is 3. The van der Waals surface area contributed by atoms with Crippen LogP contribution in [0.5, 0.6) is 11.5 Å². The molecule has 5 heteroatoms. The second kappa shape index (κ2) is 5.61. The van der Waals surface area contributed by atoms with E-state index >= 15 is 0 Å². The third kappa shape index (κ3) is 3.31. The summed E-state index contributed by atoms with van der Waals surface area (Å²) in [5.74, 6) is -0.694. The summed E-state index contributed by atoms with van der Waals surface area (Å²) in [4.78, 5) is 10.4. The van der Waals surface area contributed by atoms with Crippen molar-refractivity contribution in [3.8, 4) is 11.5 Å². The number of ether oxygens (including phenoxy) is 1. The highest BCUT2D eigenvalue weighted by Crippen LogP contribution is 2.35. The van der Waals surface area contributed by atoms with Gasteiger partial charge in [0.05, 0.1) is 11.6 Å². The molecule has 0 fully saturated rings. The molecule has 1 aromatic rings. The van der Waals surface area contributed by atoms with Gasteiger partial charge in [0.2, 0.25) is 0 Å². The second-order valence-corrected chi connectivity index (χ2v) is 3.66. The molecule has 0 amide bonds. The number of phenols is 1. The van der Waals surface area contributed by atoms with Gasteiger partial charge in [0.15, 0.2) is 11.5 Å². The number of phenolic OH excluding ortho intramolecular Hbond substituents is 1. The van der Waals surface area contributed by atoms with Gasteiger partial charge in [0.1, 0.15) is 0 Å². The number of aliphatic carboxylic acids is 1. The Morgan fingerprint density at radius 2 is 2.19 bits per heavy atom. The maximum Gasteiger partial charge on any atom is 0.303 e. The quantitative estimate of drug-likeness (QED) is 0.835. The van der Waals surface area contributed by atoms with Crippen LogP contribution in [0.1, 0.15) is 18.9 Å². The van der Waals surface area contributed by atoms with E-state index in [-0.39, 0.29) is 22.9 Å². The molecule has 0 saturated carbocycles. The van der Waals surface area contributed by atoms with Crippen molar-refractivity contribution < 1.29 is 19.7 Å². The van der Waals surface area contributed by atoms with E-state index in [1.165, 1.54) is 0 Å². The first kappa shape index (κ1) is 12.6. The molecule has 2 N–H and O–H groups in total. The van der Waals surface area contributed by atoms with Gasteiger partial charge in [-0.2, -0.15) is 0 Å². The van der Waals surface area contributed by atoms with E-state index in [1.807, 2.05) is 0 Å². The van der Waals surface area contributed by atoms with Crippen molar-refractivity contribution in [2.45, 2.75) is 19.8 Å². The molecule has 16 heavy (non-hydrogen) atoms. The fraction of sp³-hybridized carbons (Fsp3) is 0.364. The summed E-state index contributed by atoms with van der Waals surface area (Å²) in [7, 11) is 0. The number of aryl methyl sites for hydroxylation is 1. The fourth-order valence-electron chi connectivity index (χ4n) is 1.29. The minimum atomic E-state index is -0.873. The molecule has 88 valence electrons. The number of benzene rings is 1. The Bertz CT molecular complexity index is 390. The van der Waals surface area contributed by atoms with Gasteiger partial charge in [-0.15, -0.1) is 0 Å². The Labute approximate surface area is 98.4 Å². The molecule has 0 aliphatic heterocycles. The number of carbonyl (C=O) groups is 1. The molecule has 0 atom stereocenters. The number of carboxylic acids is 1. The van der Waals surface area contributed by atoms with E-state index in [0.29, 0.717) is 13.0 Å². The van der Waals surface area contributed by atoms with Crippen molar-refractivity contribution in [2.24, 2.45) is 0 Å². The molecule has 0 heterocycles. The summed E-state index contributed by atoms with van der Waals surface area (Å²) in [6, 6.07) is 3.15. The molecule has 0 aliphatic rings. The van der Waals surface area contributed by atoms with Crippen molar-refractivity contribution in [3.05, 3.63) is 22.7 Å². The van der Waals surface area contributed by atoms with Crippen LogP contribution in [0.15, 0.2) is 12.1 Å². The van der Waals surface area contributed by atoms with E-state index in [0.717, 1.165) is 5.56 Å². The summed E-state index contributed by atoms with van der Waals surface area (Å²) < 4.78 is 5.18. The number of rotatable bonds is 5. The zero-order chi connectivity index (χ0) is 12.1. The van der Waals surface area contributed by atoms with E-state index in [2.05, 4.69) is 0 Å². The lowest BCUT2D eigenvalue weighted by Crippen LogP contribution is -1.99. The summed E-state index contributed by atoms with van der Waals surface area (Å²) in [6.45, 7) is 2.20. The maximum absolute atomic E-state index is 10.4. The van der Waals surface area contributed by atoms with Gasteiger partial charge >= 0.3 is 5.97 Å². The van der Waals surface area contributed by atoms with Gasteiger partial charge in [-0.3, -0.25) is 4.79 Å².